The van der Waals surface area contributed by atoms with Gasteiger partial charge in [-0.15, -0.1) is 6.58 Å². The van der Waals surface area contributed by atoms with Crippen molar-refractivity contribution in [2.75, 3.05) is 46.4 Å². The summed E-state index contributed by atoms with van der Waals surface area (Å²) in [5, 5.41) is 0. The molecular weight excluding hydrogens is 212 g/mol. The summed E-state index contributed by atoms with van der Waals surface area (Å²) in [5.74, 6) is 0. The number of hydrogen-bond donors (Lipinski definition) is 0. The Labute approximate surface area is 105 Å². The summed E-state index contributed by atoms with van der Waals surface area (Å²) >= 11 is 0. The quantitative estimate of drug-likeness (QED) is 0.645. The second-order valence-corrected chi connectivity index (χ2v) is 5.81. The molecule has 0 unspecified atom stereocenters. The maximum atomic E-state index is 5.25. The van der Waals surface area contributed by atoms with Crippen molar-refractivity contribution in [1.29, 1.82) is 0 Å². The van der Waals surface area contributed by atoms with Crippen LogP contribution in [0.1, 0.15) is 19.8 Å². The van der Waals surface area contributed by atoms with Gasteiger partial charge in [0.2, 0.25) is 0 Å². The van der Waals surface area contributed by atoms with Crippen molar-refractivity contribution in [3.63, 3.8) is 0 Å². The van der Waals surface area contributed by atoms with Gasteiger partial charge in [-0.3, -0.25) is 4.90 Å². The van der Waals surface area contributed by atoms with E-state index in [-0.39, 0.29) is 0 Å². The number of piperidine rings is 1. The highest BCUT2D eigenvalue weighted by molar-refractivity contribution is 4.98. The van der Waals surface area contributed by atoms with Crippen molar-refractivity contribution in [1.82, 2.24) is 9.80 Å². The van der Waals surface area contributed by atoms with Crippen LogP contribution < -0.4 is 0 Å². The molecule has 17 heavy (non-hydrogen) atoms. The Bertz CT molecular complexity index is 247. The predicted octanol–water partition coefficient (Wildman–Crippen LogP) is 1.61. The van der Waals surface area contributed by atoms with Gasteiger partial charge in [-0.2, -0.15) is 0 Å². The molecule has 0 aromatic carbocycles. The normalized spacial score (nSPS) is 28.8. The van der Waals surface area contributed by atoms with E-state index in [2.05, 4.69) is 23.4 Å². The summed E-state index contributed by atoms with van der Waals surface area (Å²) in [6.07, 6.45) is 4.57. The maximum absolute atomic E-state index is 5.25. The second-order valence-electron chi connectivity index (χ2n) is 5.81. The number of rotatable bonds is 1. The predicted molar refractivity (Wildman–Crippen MR) is 71.2 cm³/mol. The van der Waals surface area contributed by atoms with Gasteiger partial charge in [-0.05, 0) is 45.3 Å². The van der Waals surface area contributed by atoms with E-state index >= 15 is 0 Å². The summed E-state index contributed by atoms with van der Waals surface area (Å²) in [6, 6.07) is 0.755. The molecule has 3 heteroatoms. The SMILES string of the molecule is C=CC.CN1CC2(CCN(C3COC3)CC2)C1. The third-order valence-electron chi connectivity index (χ3n) is 4.21. The third kappa shape index (κ3) is 2.90. The van der Waals surface area contributed by atoms with Crippen molar-refractivity contribution in [3.8, 4) is 0 Å². The minimum absolute atomic E-state index is 0.704. The summed E-state index contributed by atoms with van der Waals surface area (Å²) in [5.41, 5.74) is 0.704. The van der Waals surface area contributed by atoms with E-state index in [0.29, 0.717) is 5.41 Å². The van der Waals surface area contributed by atoms with E-state index in [1.807, 2.05) is 6.92 Å². The van der Waals surface area contributed by atoms with Gasteiger partial charge in [0, 0.05) is 13.1 Å². The van der Waals surface area contributed by atoms with Gasteiger partial charge < -0.3 is 9.64 Å². The number of nitrogens with zero attached hydrogens (tertiary/aromatic N) is 2. The molecule has 3 saturated heterocycles. The molecule has 3 fully saturated rings. The Morgan fingerprint density at radius 1 is 1.24 bits per heavy atom. The molecule has 0 atom stereocenters. The average Bonchev–Trinajstić information content (AvgIpc) is 2.18. The lowest BCUT2D eigenvalue weighted by Gasteiger charge is -2.54. The van der Waals surface area contributed by atoms with Crippen LogP contribution in [0, 0.1) is 5.41 Å². The smallest absolute Gasteiger partial charge is 0.0645 e. The zero-order valence-corrected chi connectivity index (χ0v) is 11.3. The van der Waals surface area contributed by atoms with Gasteiger partial charge in [-0.25, -0.2) is 0 Å². The minimum atomic E-state index is 0.704. The number of ether oxygens (including phenoxy) is 1. The largest absolute Gasteiger partial charge is 0.378 e. The van der Waals surface area contributed by atoms with E-state index in [0.717, 1.165) is 19.3 Å². The first-order chi connectivity index (χ1) is 8.19. The zero-order valence-electron chi connectivity index (χ0n) is 11.3. The van der Waals surface area contributed by atoms with E-state index in [4.69, 9.17) is 4.74 Å². The molecule has 1 spiro atoms. The Kier molecular flexibility index (Phi) is 4.23. The Morgan fingerprint density at radius 3 is 2.12 bits per heavy atom. The molecule has 3 rings (SSSR count). The van der Waals surface area contributed by atoms with Crippen molar-refractivity contribution >= 4 is 0 Å². The molecule has 3 nitrogen and oxygen atoms in total. The highest BCUT2D eigenvalue weighted by atomic mass is 16.5. The molecule has 3 heterocycles. The molecule has 0 radical (unpaired) electrons. The highest BCUT2D eigenvalue weighted by Crippen LogP contribution is 2.40. The summed E-state index contributed by atoms with van der Waals surface area (Å²) < 4.78 is 5.25. The Morgan fingerprint density at radius 2 is 1.76 bits per heavy atom. The van der Waals surface area contributed by atoms with Crippen molar-refractivity contribution in [2.24, 2.45) is 5.41 Å². The van der Waals surface area contributed by atoms with Crippen molar-refractivity contribution in [3.05, 3.63) is 12.7 Å². The van der Waals surface area contributed by atoms with Gasteiger partial charge >= 0.3 is 0 Å². The fourth-order valence-corrected chi connectivity index (χ4v) is 3.21. The zero-order chi connectivity index (χ0) is 12.3. The van der Waals surface area contributed by atoms with Gasteiger partial charge in [-0.1, -0.05) is 6.08 Å². The van der Waals surface area contributed by atoms with Crippen LogP contribution in [0.15, 0.2) is 12.7 Å². The summed E-state index contributed by atoms with van der Waals surface area (Å²) in [6.45, 7) is 12.5. The lowest BCUT2D eigenvalue weighted by molar-refractivity contribution is -0.101. The van der Waals surface area contributed by atoms with Crippen LogP contribution in [0.3, 0.4) is 0 Å². The molecule has 0 bridgehead atoms. The second kappa shape index (κ2) is 5.51. The minimum Gasteiger partial charge on any atom is -0.378 e. The standard InChI is InChI=1S/C11H20N2O.C3H6/c1-12-8-11(9-12)2-4-13(5-3-11)10-6-14-7-10;1-3-2/h10H,2-9H2,1H3;3H,1H2,2H3. The molecule has 0 amide bonds. The van der Waals surface area contributed by atoms with Gasteiger partial charge in [0.05, 0.1) is 19.3 Å². The molecule has 3 aliphatic rings. The molecule has 3 aliphatic heterocycles. The van der Waals surface area contributed by atoms with E-state index in [9.17, 15) is 0 Å². The molecule has 0 saturated carbocycles. The first-order valence-corrected chi connectivity index (χ1v) is 6.76. The van der Waals surface area contributed by atoms with Crippen LogP contribution in [0.4, 0.5) is 0 Å². The number of allylic oxidation sites excluding steroid dienone is 1. The third-order valence-corrected chi connectivity index (χ3v) is 4.21. The fraction of sp³-hybridized carbons (Fsp3) is 0.857. The topological polar surface area (TPSA) is 15.7 Å². The van der Waals surface area contributed by atoms with E-state index < -0.39 is 0 Å². The number of likely N-dealkylation sites (tertiary alicyclic amines) is 2. The monoisotopic (exact) mass is 238 g/mol. The van der Waals surface area contributed by atoms with Crippen LogP contribution in [0.25, 0.3) is 0 Å². The fourth-order valence-electron chi connectivity index (χ4n) is 3.21. The summed E-state index contributed by atoms with van der Waals surface area (Å²) in [4.78, 5) is 5.08. The van der Waals surface area contributed by atoms with Crippen molar-refractivity contribution in [2.45, 2.75) is 25.8 Å². The lowest BCUT2D eigenvalue weighted by Crippen LogP contribution is -2.61. The molecular formula is C14H26N2O. The van der Waals surface area contributed by atoms with Gasteiger partial charge in [0.15, 0.2) is 0 Å². The Balaban J connectivity index is 0.000000329. The van der Waals surface area contributed by atoms with Crippen LogP contribution >= 0.6 is 0 Å². The van der Waals surface area contributed by atoms with Crippen LogP contribution in [-0.2, 0) is 4.74 Å². The molecule has 0 aromatic rings. The molecule has 0 N–H and O–H groups in total. The maximum Gasteiger partial charge on any atom is 0.0645 e. The summed E-state index contributed by atoms with van der Waals surface area (Å²) in [7, 11) is 2.23. The first-order valence-electron chi connectivity index (χ1n) is 6.76. The van der Waals surface area contributed by atoms with E-state index in [1.54, 1.807) is 6.08 Å². The van der Waals surface area contributed by atoms with Crippen molar-refractivity contribution < 1.29 is 4.74 Å². The molecule has 0 aromatic heterocycles. The lowest BCUT2D eigenvalue weighted by atomic mass is 9.72. The van der Waals surface area contributed by atoms with Gasteiger partial charge in [0.25, 0.3) is 0 Å². The van der Waals surface area contributed by atoms with Crippen LogP contribution in [0.2, 0.25) is 0 Å². The van der Waals surface area contributed by atoms with Crippen LogP contribution in [0.5, 0.6) is 0 Å². The van der Waals surface area contributed by atoms with E-state index in [1.165, 1.54) is 39.0 Å². The molecule has 0 aliphatic carbocycles. The van der Waals surface area contributed by atoms with Crippen LogP contribution in [-0.4, -0.2) is 62.3 Å². The average molecular weight is 238 g/mol. The van der Waals surface area contributed by atoms with Gasteiger partial charge in [0.1, 0.15) is 0 Å². The molecule has 98 valence electrons. The number of hydrogen-bond acceptors (Lipinski definition) is 3. The highest BCUT2D eigenvalue weighted by Gasteiger charge is 2.44. The first kappa shape index (κ1) is 13.1. The Hall–Kier alpha value is -0.380.